The number of nitrogens with two attached hydrogens (primary N) is 1. The standard InChI is InChI=1S/C11H14N2O/c1-14-11-9(6-7-12)8-4-2-3-5-10(8)13-11/h2-5,13H,6-7,12H2,1H3. The third kappa shape index (κ3) is 1.36. The summed E-state index contributed by atoms with van der Waals surface area (Å²) in [5, 5.41) is 1.20. The van der Waals surface area contributed by atoms with E-state index < -0.39 is 0 Å². The van der Waals surface area contributed by atoms with E-state index in [1.807, 2.05) is 18.2 Å². The Morgan fingerprint density at radius 2 is 2.14 bits per heavy atom. The maximum atomic E-state index is 5.56. The summed E-state index contributed by atoms with van der Waals surface area (Å²) in [6.07, 6.45) is 0.840. The Bertz CT molecular complexity index is 434. The molecule has 14 heavy (non-hydrogen) atoms. The lowest BCUT2D eigenvalue weighted by molar-refractivity contribution is 0.397. The predicted octanol–water partition coefficient (Wildman–Crippen LogP) is 1.68. The molecule has 0 aliphatic carbocycles. The van der Waals surface area contributed by atoms with Gasteiger partial charge < -0.3 is 15.5 Å². The van der Waals surface area contributed by atoms with Gasteiger partial charge in [0.2, 0.25) is 0 Å². The van der Waals surface area contributed by atoms with Gasteiger partial charge in [0.05, 0.1) is 7.11 Å². The van der Waals surface area contributed by atoms with E-state index in [9.17, 15) is 0 Å². The van der Waals surface area contributed by atoms with E-state index >= 15 is 0 Å². The number of H-pyrrole nitrogens is 1. The summed E-state index contributed by atoms with van der Waals surface area (Å²) in [6, 6.07) is 8.15. The molecule has 0 aliphatic rings. The van der Waals surface area contributed by atoms with Gasteiger partial charge in [-0.25, -0.2) is 0 Å². The second-order valence-corrected chi connectivity index (χ2v) is 3.22. The molecular formula is C11H14N2O. The first-order chi connectivity index (χ1) is 6.86. The molecule has 3 N–H and O–H groups in total. The molecule has 0 unspecified atom stereocenters. The zero-order valence-electron chi connectivity index (χ0n) is 8.21. The van der Waals surface area contributed by atoms with Crippen molar-refractivity contribution in [3.8, 4) is 5.88 Å². The molecule has 74 valence electrons. The van der Waals surface area contributed by atoms with Crippen molar-refractivity contribution >= 4 is 10.9 Å². The largest absolute Gasteiger partial charge is 0.482 e. The first-order valence-corrected chi connectivity index (χ1v) is 4.70. The lowest BCUT2D eigenvalue weighted by atomic mass is 10.1. The van der Waals surface area contributed by atoms with E-state index in [0.29, 0.717) is 6.54 Å². The molecule has 0 atom stereocenters. The molecule has 1 aromatic heterocycles. The van der Waals surface area contributed by atoms with E-state index in [1.54, 1.807) is 7.11 Å². The van der Waals surface area contributed by atoms with Crippen LogP contribution in [-0.2, 0) is 6.42 Å². The molecular weight excluding hydrogens is 176 g/mol. The Kier molecular flexibility index (Phi) is 2.41. The van der Waals surface area contributed by atoms with Gasteiger partial charge in [0, 0.05) is 16.5 Å². The second-order valence-electron chi connectivity index (χ2n) is 3.22. The fourth-order valence-corrected chi connectivity index (χ4v) is 1.74. The predicted molar refractivity (Wildman–Crippen MR) is 57.6 cm³/mol. The molecule has 0 spiro atoms. The SMILES string of the molecule is COc1[nH]c2ccccc2c1CCN. The molecule has 1 heterocycles. The van der Waals surface area contributed by atoms with Crippen LogP contribution in [0.5, 0.6) is 5.88 Å². The van der Waals surface area contributed by atoms with Crippen molar-refractivity contribution < 1.29 is 4.74 Å². The number of para-hydroxylation sites is 1. The number of hydrogen-bond acceptors (Lipinski definition) is 2. The number of nitrogens with one attached hydrogen (secondary N) is 1. The third-order valence-corrected chi connectivity index (χ3v) is 2.37. The average molecular weight is 190 g/mol. The van der Waals surface area contributed by atoms with Crippen molar-refractivity contribution in [1.82, 2.24) is 4.98 Å². The van der Waals surface area contributed by atoms with Gasteiger partial charge in [-0.15, -0.1) is 0 Å². The number of ether oxygens (including phenoxy) is 1. The van der Waals surface area contributed by atoms with Crippen LogP contribution >= 0.6 is 0 Å². The topological polar surface area (TPSA) is 51.0 Å². The van der Waals surface area contributed by atoms with E-state index in [0.717, 1.165) is 17.8 Å². The van der Waals surface area contributed by atoms with Crippen LogP contribution in [0.15, 0.2) is 24.3 Å². The summed E-state index contributed by atoms with van der Waals surface area (Å²) in [7, 11) is 1.67. The summed E-state index contributed by atoms with van der Waals surface area (Å²) >= 11 is 0. The molecule has 0 fully saturated rings. The monoisotopic (exact) mass is 190 g/mol. The van der Waals surface area contributed by atoms with Crippen LogP contribution in [-0.4, -0.2) is 18.6 Å². The Morgan fingerprint density at radius 3 is 2.86 bits per heavy atom. The highest BCUT2D eigenvalue weighted by atomic mass is 16.5. The Morgan fingerprint density at radius 1 is 1.36 bits per heavy atom. The molecule has 3 nitrogen and oxygen atoms in total. The summed E-state index contributed by atoms with van der Waals surface area (Å²) in [5.41, 5.74) is 7.84. The smallest absolute Gasteiger partial charge is 0.194 e. The maximum Gasteiger partial charge on any atom is 0.194 e. The molecule has 3 heteroatoms. The first-order valence-electron chi connectivity index (χ1n) is 4.70. The van der Waals surface area contributed by atoms with Crippen molar-refractivity contribution in [2.45, 2.75) is 6.42 Å². The summed E-state index contributed by atoms with van der Waals surface area (Å²) in [6.45, 7) is 0.637. The first kappa shape index (κ1) is 9.09. The van der Waals surface area contributed by atoms with Gasteiger partial charge in [0.15, 0.2) is 5.88 Å². The van der Waals surface area contributed by atoms with Gasteiger partial charge in [-0.3, -0.25) is 0 Å². The van der Waals surface area contributed by atoms with Crippen LogP contribution in [0.4, 0.5) is 0 Å². The van der Waals surface area contributed by atoms with Crippen LogP contribution < -0.4 is 10.5 Å². The van der Waals surface area contributed by atoms with Gasteiger partial charge in [0.25, 0.3) is 0 Å². The van der Waals surface area contributed by atoms with Crippen molar-refractivity contribution in [3.05, 3.63) is 29.8 Å². The number of benzene rings is 1. The fraction of sp³-hybridized carbons (Fsp3) is 0.273. The van der Waals surface area contributed by atoms with E-state index in [1.165, 1.54) is 10.9 Å². The molecule has 1 aromatic carbocycles. The lowest BCUT2D eigenvalue weighted by Crippen LogP contribution is -2.03. The molecule has 0 saturated heterocycles. The summed E-state index contributed by atoms with van der Waals surface area (Å²) in [5.74, 6) is 0.830. The average Bonchev–Trinajstić information content (AvgIpc) is 2.58. The number of hydrogen-bond donors (Lipinski definition) is 2. The summed E-state index contributed by atoms with van der Waals surface area (Å²) < 4.78 is 5.27. The van der Waals surface area contributed by atoms with Gasteiger partial charge in [-0.1, -0.05) is 18.2 Å². The van der Waals surface area contributed by atoms with Gasteiger partial charge in [0.1, 0.15) is 0 Å². The third-order valence-electron chi connectivity index (χ3n) is 2.37. The van der Waals surface area contributed by atoms with Crippen molar-refractivity contribution in [3.63, 3.8) is 0 Å². The molecule has 0 aliphatic heterocycles. The highest BCUT2D eigenvalue weighted by molar-refractivity contribution is 5.85. The minimum absolute atomic E-state index is 0.637. The summed E-state index contributed by atoms with van der Waals surface area (Å²) in [4.78, 5) is 3.22. The highest BCUT2D eigenvalue weighted by Crippen LogP contribution is 2.27. The van der Waals surface area contributed by atoms with Crippen LogP contribution in [0.2, 0.25) is 0 Å². The van der Waals surface area contributed by atoms with E-state index in [2.05, 4.69) is 11.1 Å². The van der Waals surface area contributed by atoms with Crippen LogP contribution in [0.25, 0.3) is 10.9 Å². The molecule has 0 radical (unpaired) electrons. The Hall–Kier alpha value is -1.48. The molecule has 0 bridgehead atoms. The van der Waals surface area contributed by atoms with Crippen LogP contribution in [0.3, 0.4) is 0 Å². The van der Waals surface area contributed by atoms with Crippen LogP contribution in [0.1, 0.15) is 5.56 Å². The van der Waals surface area contributed by atoms with E-state index in [4.69, 9.17) is 10.5 Å². The number of fused-ring (bicyclic) bond motifs is 1. The van der Waals surface area contributed by atoms with Gasteiger partial charge >= 0.3 is 0 Å². The maximum absolute atomic E-state index is 5.56. The zero-order valence-corrected chi connectivity index (χ0v) is 8.21. The van der Waals surface area contributed by atoms with E-state index in [-0.39, 0.29) is 0 Å². The minimum Gasteiger partial charge on any atom is -0.482 e. The minimum atomic E-state index is 0.637. The number of aromatic nitrogens is 1. The van der Waals surface area contributed by atoms with Crippen LogP contribution in [0, 0.1) is 0 Å². The lowest BCUT2D eigenvalue weighted by Gasteiger charge is -2.00. The Balaban J connectivity index is 2.61. The second kappa shape index (κ2) is 3.72. The Labute approximate surface area is 82.9 Å². The quantitative estimate of drug-likeness (QED) is 0.773. The normalized spacial score (nSPS) is 10.7. The van der Waals surface area contributed by atoms with Crippen molar-refractivity contribution in [2.24, 2.45) is 5.73 Å². The van der Waals surface area contributed by atoms with Crippen molar-refractivity contribution in [1.29, 1.82) is 0 Å². The number of aromatic amines is 1. The highest BCUT2D eigenvalue weighted by Gasteiger charge is 2.09. The van der Waals surface area contributed by atoms with Gasteiger partial charge in [-0.05, 0) is 19.0 Å². The van der Waals surface area contributed by atoms with Crippen molar-refractivity contribution in [2.75, 3.05) is 13.7 Å². The molecule has 2 rings (SSSR count). The molecule has 0 amide bonds. The molecule has 2 aromatic rings. The fourth-order valence-electron chi connectivity index (χ4n) is 1.74. The number of rotatable bonds is 3. The number of methoxy groups -OCH3 is 1. The zero-order chi connectivity index (χ0) is 9.97. The molecule has 0 saturated carbocycles. The van der Waals surface area contributed by atoms with Gasteiger partial charge in [-0.2, -0.15) is 0 Å².